The summed E-state index contributed by atoms with van der Waals surface area (Å²) >= 11 is 6.51. The number of nitrogens with one attached hydrogen (secondary N) is 1. The zero-order valence-corrected chi connectivity index (χ0v) is 24.1. The second-order valence-corrected chi connectivity index (χ2v) is 12.1. The molecular weight excluding hydrogens is 538 g/mol. The number of hydrogen-bond acceptors (Lipinski definition) is 8. The summed E-state index contributed by atoms with van der Waals surface area (Å²) in [6.45, 7) is 8.56. The first-order chi connectivity index (χ1) is 18.5. The van der Waals surface area contributed by atoms with E-state index < -0.39 is 15.4 Å². The van der Waals surface area contributed by atoms with Crippen LogP contribution in [0.1, 0.15) is 55.9 Å². The van der Waals surface area contributed by atoms with Crippen molar-refractivity contribution in [3.05, 3.63) is 69.9 Å². The van der Waals surface area contributed by atoms with Crippen LogP contribution in [-0.4, -0.2) is 44.3 Å². The van der Waals surface area contributed by atoms with Crippen molar-refractivity contribution in [1.82, 2.24) is 9.97 Å². The molecule has 1 saturated heterocycles. The third-order valence-corrected chi connectivity index (χ3v) is 7.41. The highest BCUT2D eigenvalue weighted by molar-refractivity contribution is 7.91. The fraction of sp³-hybridized carbons (Fsp3) is 0.393. The van der Waals surface area contributed by atoms with Crippen molar-refractivity contribution in [2.45, 2.75) is 45.6 Å². The number of ether oxygens (including phenoxy) is 2. The van der Waals surface area contributed by atoms with Crippen molar-refractivity contribution in [3.63, 3.8) is 0 Å². The van der Waals surface area contributed by atoms with E-state index in [0.29, 0.717) is 34.5 Å². The molecule has 11 heteroatoms. The summed E-state index contributed by atoms with van der Waals surface area (Å²) in [5, 5.41) is 10.1. The summed E-state index contributed by atoms with van der Waals surface area (Å²) < 4.78 is 37.3. The highest BCUT2D eigenvalue weighted by Crippen LogP contribution is 2.38. The fourth-order valence-corrected chi connectivity index (χ4v) is 4.90. The number of aromatic nitrogens is 2. The average Bonchev–Trinajstić information content (AvgIpc) is 2.85. The summed E-state index contributed by atoms with van der Waals surface area (Å²) in [6, 6.07) is 13.7. The smallest absolute Gasteiger partial charge is 0.238 e. The molecule has 0 bridgehead atoms. The summed E-state index contributed by atoms with van der Waals surface area (Å²) in [4.78, 5) is 10.6. The Labute approximate surface area is 234 Å². The Morgan fingerprint density at radius 3 is 2.46 bits per heavy atom. The molecule has 4 rings (SSSR count). The Balaban J connectivity index is 1.51. The number of hydrogen-bond donors (Lipinski definition) is 1. The zero-order valence-electron chi connectivity index (χ0n) is 22.5. The number of halogens is 1. The molecular formula is C28H32ClN5O4S. The van der Waals surface area contributed by atoms with Crippen molar-refractivity contribution in [1.29, 1.82) is 5.26 Å². The number of nitrogens with zero attached hydrogens (tertiary/aromatic N) is 4. The third-order valence-electron chi connectivity index (χ3n) is 6.58. The topological polar surface area (TPSA) is 117 Å². The minimum atomic E-state index is -3.48. The van der Waals surface area contributed by atoms with Gasteiger partial charge in [-0.2, -0.15) is 10.2 Å². The van der Waals surface area contributed by atoms with Gasteiger partial charge in [0.15, 0.2) is 5.75 Å². The maximum Gasteiger partial charge on any atom is 0.238 e. The molecule has 2 heterocycles. The molecule has 206 valence electrons. The molecule has 1 aliphatic heterocycles. The highest BCUT2D eigenvalue weighted by Gasteiger charge is 2.26. The Morgan fingerprint density at radius 2 is 1.87 bits per heavy atom. The van der Waals surface area contributed by atoms with E-state index in [1.165, 1.54) is 0 Å². The van der Waals surface area contributed by atoms with Crippen LogP contribution in [0.4, 0.5) is 11.8 Å². The molecule has 2 aromatic carbocycles. The van der Waals surface area contributed by atoms with Gasteiger partial charge < -0.3 is 14.4 Å². The van der Waals surface area contributed by atoms with Crippen LogP contribution in [0.2, 0.25) is 5.02 Å². The Bertz CT molecular complexity index is 1480. The second kappa shape index (κ2) is 11.7. The lowest BCUT2D eigenvalue weighted by Gasteiger charge is -2.33. The van der Waals surface area contributed by atoms with Gasteiger partial charge in [0.2, 0.25) is 16.0 Å². The van der Waals surface area contributed by atoms with Gasteiger partial charge in [-0.3, -0.25) is 4.72 Å². The van der Waals surface area contributed by atoms with Gasteiger partial charge in [-0.25, -0.2) is 13.4 Å². The number of nitriles is 1. The lowest BCUT2D eigenvalue weighted by Crippen LogP contribution is -2.38. The summed E-state index contributed by atoms with van der Waals surface area (Å²) in [5.74, 6) is 1.79. The van der Waals surface area contributed by atoms with Crippen LogP contribution in [0, 0.1) is 11.3 Å². The molecule has 0 spiro atoms. The van der Waals surface area contributed by atoms with Crippen molar-refractivity contribution in [3.8, 4) is 17.6 Å². The number of sulfonamides is 1. The van der Waals surface area contributed by atoms with Crippen molar-refractivity contribution >= 4 is 33.4 Å². The van der Waals surface area contributed by atoms with Gasteiger partial charge in [0.05, 0.1) is 29.0 Å². The molecule has 1 aromatic heterocycles. The van der Waals surface area contributed by atoms with E-state index in [1.807, 2.05) is 43.3 Å². The minimum Gasteiger partial charge on any atom is -0.491 e. The zero-order chi connectivity index (χ0) is 28.2. The van der Waals surface area contributed by atoms with Gasteiger partial charge in [-0.15, -0.1) is 0 Å². The largest absolute Gasteiger partial charge is 0.491 e. The molecule has 39 heavy (non-hydrogen) atoms. The fourth-order valence-electron chi connectivity index (χ4n) is 4.20. The van der Waals surface area contributed by atoms with Crippen LogP contribution in [0.25, 0.3) is 0 Å². The molecule has 0 atom stereocenters. The predicted octanol–water partition coefficient (Wildman–Crippen LogP) is 5.28. The first kappa shape index (κ1) is 28.5. The van der Waals surface area contributed by atoms with Crippen molar-refractivity contribution in [2.24, 2.45) is 0 Å². The van der Waals surface area contributed by atoms with Crippen LogP contribution >= 0.6 is 11.6 Å². The molecule has 1 N–H and O–H groups in total. The van der Waals surface area contributed by atoms with Crippen LogP contribution in [0.15, 0.2) is 42.6 Å². The number of anilines is 2. The summed E-state index contributed by atoms with van der Waals surface area (Å²) in [5.41, 5.74) is 2.68. The third kappa shape index (κ3) is 6.72. The van der Waals surface area contributed by atoms with Gasteiger partial charge >= 0.3 is 0 Å². The molecule has 0 unspecified atom stereocenters. The predicted molar refractivity (Wildman–Crippen MR) is 152 cm³/mol. The maximum absolute atomic E-state index is 11.6. The Morgan fingerprint density at radius 1 is 1.15 bits per heavy atom. The first-order valence-electron chi connectivity index (χ1n) is 12.7. The number of rotatable bonds is 11. The highest BCUT2D eigenvalue weighted by atomic mass is 35.5. The second-order valence-electron chi connectivity index (χ2n) is 9.99. The summed E-state index contributed by atoms with van der Waals surface area (Å²) in [6.07, 6.45) is 4.53. The average molecular weight is 570 g/mol. The van der Waals surface area contributed by atoms with Gasteiger partial charge in [-0.05, 0) is 48.2 Å². The van der Waals surface area contributed by atoms with E-state index >= 15 is 0 Å². The molecule has 0 saturated carbocycles. The first-order valence-corrected chi connectivity index (χ1v) is 15.0. The van der Waals surface area contributed by atoms with Crippen molar-refractivity contribution < 1.29 is 17.9 Å². The van der Waals surface area contributed by atoms with Gasteiger partial charge in [0.25, 0.3) is 0 Å². The molecule has 1 fully saturated rings. The van der Waals surface area contributed by atoms with E-state index in [9.17, 15) is 13.7 Å². The lowest BCUT2D eigenvalue weighted by molar-refractivity contribution is 0.305. The molecule has 0 radical (unpaired) electrons. The van der Waals surface area contributed by atoms with Crippen LogP contribution in [0.3, 0.4) is 0 Å². The van der Waals surface area contributed by atoms with Gasteiger partial charge in [0.1, 0.15) is 24.2 Å². The van der Waals surface area contributed by atoms with E-state index in [0.717, 1.165) is 48.9 Å². The molecule has 3 aromatic rings. The maximum atomic E-state index is 11.6. The summed E-state index contributed by atoms with van der Waals surface area (Å²) in [7, 11) is -3.48. The Hall–Kier alpha value is -3.55. The lowest BCUT2D eigenvalue weighted by atomic mass is 9.77. The van der Waals surface area contributed by atoms with E-state index in [1.54, 1.807) is 6.20 Å². The molecule has 0 amide bonds. The molecule has 9 nitrogen and oxygen atoms in total. The van der Waals surface area contributed by atoms with E-state index in [4.69, 9.17) is 21.1 Å². The SMILES string of the molecule is CCCOc1c(Cl)cc(C(C)(C)c2ccc(OCc3cnc(NS(C)(=O)=O)nc3N3CCC3)cc2)cc1C#N. The molecule has 0 aliphatic carbocycles. The minimum absolute atomic E-state index is 0.0411. The van der Waals surface area contributed by atoms with Crippen molar-refractivity contribution in [2.75, 3.05) is 35.6 Å². The standard InChI is InChI=1S/C28H32ClN5O4S/c1-5-13-37-25-19(16-30)14-22(15-24(25)29)28(2,3)21-7-9-23(10-8-21)38-18-20-17-31-27(33-39(4,35)36)32-26(20)34-11-6-12-34/h7-10,14-15,17H,5-6,11-13,18H2,1-4H3,(H,31,32,33). The molecule has 1 aliphatic rings. The van der Waals surface area contributed by atoms with Gasteiger partial charge in [-0.1, -0.05) is 44.5 Å². The van der Waals surface area contributed by atoms with Gasteiger partial charge in [0, 0.05) is 24.7 Å². The van der Waals surface area contributed by atoms with Crippen LogP contribution in [-0.2, 0) is 22.0 Å². The van der Waals surface area contributed by atoms with Crippen LogP contribution in [0.5, 0.6) is 11.5 Å². The number of benzene rings is 2. The quantitative estimate of drug-likeness (QED) is 0.331. The normalized spacial score (nSPS) is 13.4. The van der Waals surface area contributed by atoms with E-state index in [-0.39, 0.29) is 12.6 Å². The monoisotopic (exact) mass is 569 g/mol. The Kier molecular flexibility index (Phi) is 8.52. The van der Waals surface area contributed by atoms with Crippen LogP contribution < -0.4 is 19.1 Å². The van der Waals surface area contributed by atoms with E-state index in [2.05, 4.69) is 39.5 Å².